The van der Waals surface area contributed by atoms with E-state index in [-0.39, 0.29) is 10.7 Å². The Morgan fingerprint density at radius 3 is 2.48 bits per heavy atom. The molecule has 0 radical (unpaired) electrons. The number of hydrogen-bond donors (Lipinski definition) is 1. The Hall–Kier alpha value is -2.40. The van der Waals surface area contributed by atoms with Crippen molar-refractivity contribution in [1.29, 1.82) is 0 Å². The normalized spacial score (nSPS) is 10.2. The summed E-state index contributed by atoms with van der Waals surface area (Å²) in [4.78, 5) is 28.5. The van der Waals surface area contributed by atoms with Crippen molar-refractivity contribution in [2.45, 2.75) is 6.92 Å². The molecule has 0 saturated carbocycles. The molecule has 0 spiro atoms. The van der Waals surface area contributed by atoms with Crippen molar-refractivity contribution in [1.82, 2.24) is 4.98 Å². The van der Waals surface area contributed by atoms with Gasteiger partial charge in [0, 0.05) is 17.4 Å². The standard InChI is InChI=1S/C15H13ClN2O3/c1-10-2-4-12(5-3-10)18(9-14(19)20)15(21)11-6-7-17-13(16)8-11/h2-8H,9H2,1H3,(H,19,20). The first-order chi connectivity index (χ1) is 9.97. The van der Waals surface area contributed by atoms with Gasteiger partial charge < -0.3 is 5.11 Å². The number of benzene rings is 1. The van der Waals surface area contributed by atoms with Crippen molar-refractivity contribution < 1.29 is 14.7 Å². The quantitative estimate of drug-likeness (QED) is 0.882. The minimum absolute atomic E-state index is 0.181. The molecule has 0 atom stereocenters. The van der Waals surface area contributed by atoms with Crippen molar-refractivity contribution in [3.8, 4) is 0 Å². The fourth-order valence-electron chi connectivity index (χ4n) is 1.83. The Balaban J connectivity index is 2.38. The van der Waals surface area contributed by atoms with Crippen molar-refractivity contribution in [3.05, 3.63) is 58.9 Å². The fourth-order valence-corrected chi connectivity index (χ4v) is 2.01. The number of pyridine rings is 1. The third-order valence-corrected chi connectivity index (χ3v) is 3.06. The van der Waals surface area contributed by atoms with Gasteiger partial charge in [-0.25, -0.2) is 4.98 Å². The highest BCUT2D eigenvalue weighted by Crippen LogP contribution is 2.19. The number of anilines is 1. The molecule has 5 nitrogen and oxygen atoms in total. The first kappa shape index (κ1) is 15.0. The van der Waals surface area contributed by atoms with Crippen LogP contribution in [0.1, 0.15) is 15.9 Å². The van der Waals surface area contributed by atoms with E-state index in [4.69, 9.17) is 16.7 Å². The number of halogens is 1. The molecule has 2 aromatic rings. The van der Waals surface area contributed by atoms with E-state index in [0.717, 1.165) is 5.56 Å². The largest absolute Gasteiger partial charge is 0.480 e. The summed E-state index contributed by atoms with van der Waals surface area (Å²) < 4.78 is 0. The molecule has 0 saturated heterocycles. The summed E-state index contributed by atoms with van der Waals surface area (Å²) in [5.41, 5.74) is 1.83. The second-order valence-corrected chi connectivity index (χ2v) is 4.88. The first-order valence-electron chi connectivity index (χ1n) is 6.19. The van der Waals surface area contributed by atoms with Crippen LogP contribution in [0, 0.1) is 6.92 Å². The highest BCUT2D eigenvalue weighted by atomic mass is 35.5. The number of aryl methyl sites for hydroxylation is 1. The number of aromatic nitrogens is 1. The Labute approximate surface area is 126 Å². The zero-order chi connectivity index (χ0) is 15.4. The second-order valence-electron chi connectivity index (χ2n) is 4.49. The van der Waals surface area contributed by atoms with Crippen LogP contribution in [-0.2, 0) is 4.79 Å². The molecule has 1 heterocycles. The molecule has 1 amide bonds. The summed E-state index contributed by atoms with van der Waals surface area (Å²) >= 11 is 5.77. The van der Waals surface area contributed by atoms with Crippen LogP contribution in [-0.4, -0.2) is 28.5 Å². The summed E-state index contributed by atoms with van der Waals surface area (Å²) in [7, 11) is 0. The lowest BCUT2D eigenvalue weighted by molar-refractivity contribution is -0.135. The topological polar surface area (TPSA) is 70.5 Å². The van der Waals surface area contributed by atoms with Gasteiger partial charge in [0.1, 0.15) is 11.7 Å². The van der Waals surface area contributed by atoms with Gasteiger partial charge >= 0.3 is 5.97 Å². The van der Waals surface area contributed by atoms with Crippen LogP contribution in [0.25, 0.3) is 0 Å². The molecule has 0 fully saturated rings. The van der Waals surface area contributed by atoms with Crippen LogP contribution in [0.4, 0.5) is 5.69 Å². The maximum absolute atomic E-state index is 12.5. The van der Waals surface area contributed by atoms with Crippen molar-refractivity contribution in [2.24, 2.45) is 0 Å². The van der Waals surface area contributed by atoms with E-state index in [2.05, 4.69) is 4.98 Å². The van der Waals surface area contributed by atoms with Gasteiger partial charge in [-0.2, -0.15) is 0 Å². The van der Waals surface area contributed by atoms with Gasteiger partial charge in [0.05, 0.1) is 0 Å². The number of carbonyl (C=O) groups is 2. The van der Waals surface area contributed by atoms with E-state index < -0.39 is 18.4 Å². The van der Waals surface area contributed by atoms with Crippen LogP contribution in [0.3, 0.4) is 0 Å². The van der Waals surface area contributed by atoms with E-state index in [9.17, 15) is 9.59 Å². The van der Waals surface area contributed by atoms with E-state index in [0.29, 0.717) is 5.69 Å². The summed E-state index contributed by atoms with van der Waals surface area (Å²) in [6, 6.07) is 9.95. The molecular formula is C15H13ClN2O3. The van der Waals surface area contributed by atoms with Crippen LogP contribution >= 0.6 is 11.6 Å². The highest BCUT2D eigenvalue weighted by molar-refractivity contribution is 6.29. The number of carboxylic acid groups (broad SMARTS) is 1. The monoisotopic (exact) mass is 304 g/mol. The SMILES string of the molecule is Cc1ccc(N(CC(=O)O)C(=O)c2ccnc(Cl)c2)cc1. The molecular weight excluding hydrogens is 292 g/mol. The lowest BCUT2D eigenvalue weighted by Crippen LogP contribution is -2.35. The summed E-state index contributed by atoms with van der Waals surface area (Å²) in [6.45, 7) is 1.48. The number of amides is 1. The maximum atomic E-state index is 12.5. The molecule has 1 aromatic heterocycles. The van der Waals surface area contributed by atoms with E-state index in [1.807, 2.05) is 19.1 Å². The van der Waals surface area contributed by atoms with Gasteiger partial charge in [0.15, 0.2) is 0 Å². The molecule has 6 heteroatoms. The number of carboxylic acids is 1. The molecule has 21 heavy (non-hydrogen) atoms. The Bertz CT molecular complexity index is 671. The van der Waals surface area contributed by atoms with Gasteiger partial charge in [-0.05, 0) is 31.2 Å². The molecule has 0 unspecified atom stereocenters. The molecule has 0 aliphatic rings. The summed E-state index contributed by atoms with van der Waals surface area (Å²) in [5, 5.41) is 9.20. The lowest BCUT2D eigenvalue weighted by Gasteiger charge is -2.21. The molecule has 1 aromatic carbocycles. The Morgan fingerprint density at radius 2 is 1.90 bits per heavy atom. The Morgan fingerprint density at radius 1 is 1.24 bits per heavy atom. The van der Waals surface area contributed by atoms with Gasteiger partial charge in [0.2, 0.25) is 0 Å². The van der Waals surface area contributed by atoms with Crippen molar-refractivity contribution >= 4 is 29.2 Å². The van der Waals surface area contributed by atoms with Crippen LogP contribution in [0.5, 0.6) is 0 Å². The lowest BCUT2D eigenvalue weighted by atomic mass is 10.2. The van der Waals surface area contributed by atoms with Crippen molar-refractivity contribution in [3.63, 3.8) is 0 Å². The molecule has 2 rings (SSSR count). The minimum Gasteiger partial charge on any atom is -0.480 e. The van der Waals surface area contributed by atoms with E-state index >= 15 is 0 Å². The minimum atomic E-state index is -1.09. The smallest absolute Gasteiger partial charge is 0.323 e. The molecule has 0 aliphatic heterocycles. The summed E-state index contributed by atoms with van der Waals surface area (Å²) in [6.07, 6.45) is 1.41. The summed E-state index contributed by atoms with van der Waals surface area (Å²) in [5.74, 6) is -1.53. The van der Waals surface area contributed by atoms with Gasteiger partial charge in [-0.1, -0.05) is 29.3 Å². The molecule has 108 valence electrons. The second kappa shape index (κ2) is 6.37. The van der Waals surface area contributed by atoms with Gasteiger partial charge in [0.25, 0.3) is 5.91 Å². The molecule has 0 aliphatic carbocycles. The van der Waals surface area contributed by atoms with Crippen LogP contribution in [0.15, 0.2) is 42.6 Å². The predicted molar refractivity (Wildman–Crippen MR) is 79.7 cm³/mol. The predicted octanol–water partition coefficient (Wildman–Crippen LogP) is 2.77. The zero-order valence-electron chi connectivity index (χ0n) is 11.3. The number of hydrogen-bond acceptors (Lipinski definition) is 3. The van der Waals surface area contributed by atoms with Crippen molar-refractivity contribution in [2.75, 3.05) is 11.4 Å². The first-order valence-corrected chi connectivity index (χ1v) is 6.57. The van der Waals surface area contributed by atoms with E-state index in [1.54, 1.807) is 12.1 Å². The van der Waals surface area contributed by atoms with Crippen LogP contribution in [0.2, 0.25) is 5.15 Å². The number of carbonyl (C=O) groups excluding carboxylic acids is 1. The van der Waals surface area contributed by atoms with Gasteiger partial charge in [-0.3, -0.25) is 14.5 Å². The third kappa shape index (κ3) is 3.79. The zero-order valence-corrected chi connectivity index (χ0v) is 12.0. The average molecular weight is 305 g/mol. The van der Waals surface area contributed by atoms with Crippen LogP contribution < -0.4 is 4.90 Å². The van der Waals surface area contributed by atoms with Gasteiger partial charge in [-0.15, -0.1) is 0 Å². The number of rotatable bonds is 4. The Kier molecular flexibility index (Phi) is 4.55. The molecule has 1 N–H and O–H groups in total. The molecule has 0 bridgehead atoms. The highest BCUT2D eigenvalue weighted by Gasteiger charge is 2.20. The number of nitrogens with zero attached hydrogens (tertiary/aromatic N) is 2. The van der Waals surface area contributed by atoms with E-state index in [1.165, 1.54) is 23.2 Å². The maximum Gasteiger partial charge on any atom is 0.323 e. The third-order valence-electron chi connectivity index (χ3n) is 2.86. The number of aliphatic carboxylic acids is 1. The fraction of sp³-hybridized carbons (Fsp3) is 0.133. The average Bonchev–Trinajstić information content (AvgIpc) is 2.45.